The minimum Gasteiger partial charge on any atom is -0.389 e. The van der Waals surface area contributed by atoms with E-state index < -0.39 is 5.60 Å². The zero-order chi connectivity index (χ0) is 13.9. The lowest BCUT2D eigenvalue weighted by molar-refractivity contribution is -0.145. The van der Waals surface area contributed by atoms with Gasteiger partial charge in [0.15, 0.2) is 0 Å². The van der Waals surface area contributed by atoms with Gasteiger partial charge in [0.2, 0.25) is 0 Å². The van der Waals surface area contributed by atoms with E-state index in [9.17, 15) is 9.90 Å². The van der Waals surface area contributed by atoms with Gasteiger partial charge in [0.25, 0.3) is 0 Å². The van der Waals surface area contributed by atoms with Crippen molar-refractivity contribution in [3.8, 4) is 0 Å². The lowest BCUT2D eigenvalue weighted by Gasteiger charge is -2.52. The summed E-state index contributed by atoms with van der Waals surface area (Å²) in [5.41, 5.74) is 5.25. The van der Waals surface area contributed by atoms with Gasteiger partial charge in [0.05, 0.1) is 5.60 Å². The van der Waals surface area contributed by atoms with Crippen LogP contribution in [0.25, 0.3) is 0 Å². The maximum atomic E-state index is 11.4. The van der Waals surface area contributed by atoms with Crippen molar-refractivity contribution in [2.24, 2.45) is 17.1 Å². The van der Waals surface area contributed by atoms with E-state index in [4.69, 9.17) is 5.73 Å². The fourth-order valence-corrected chi connectivity index (χ4v) is 4.26. The molecule has 3 nitrogen and oxygen atoms in total. The van der Waals surface area contributed by atoms with E-state index in [2.05, 4.69) is 6.92 Å². The van der Waals surface area contributed by atoms with Crippen molar-refractivity contribution in [2.45, 2.75) is 76.7 Å². The number of aliphatic hydroxyl groups is 1. The maximum Gasteiger partial charge on any atom is 0.133 e. The van der Waals surface area contributed by atoms with Crippen LogP contribution in [0.3, 0.4) is 0 Å². The second-order valence-corrected chi connectivity index (χ2v) is 6.79. The molecule has 2 aliphatic rings. The highest BCUT2D eigenvalue weighted by atomic mass is 16.3. The minimum atomic E-state index is -0.688. The molecule has 0 aliphatic heterocycles. The standard InChI is InChI=1S/C16H29NO2/c1-2-3-13-4-8-15(12-17,9-5-13)16(19)10-6-14(18)7-11-16/h13,19H,2-12,17H2,1H3. The lowest BCUT2D eigenvalue weighted by Crippen LogP contribution is -2.56. The quantitative estimate of drug-likeness (QED) is 0.823. The molecule has 0 radical (unpaired) electrons. The van der Waals surface area contributed by atoms with Crippen LogP contribution in [0.1, 0.15) is 71.1 Å². The molecule has 0 heterocycles. The molecule has 110 valence electrons. The molecule has 0 amide bonds. The molecule has 2 aliphatic carbocycles. The number of carbonyl (C=O) groups excluding carboxylic acids is 1. The zero-order valence-corrected chi connectivity index (χ0v) is 12.3. The molecule has 2 saturated carbocycles. The van der Waals surface area contributed by atoms with Gasteiger partial charge in [-0.15, -0.1) is 0 Å². The molecular weight excluding hydrogens is 238 g/mol. The van der Waals surface area contributed by atoms with Gasteiger partial charge in [-0.05, 0) is 44.4 Å². The Bertz CT molecular complexity index is 309. The van der Waals surface area contributed by atoms with Gasteiger partial charge >= 0.3 is 0 Å². The average Bonchev–Trinajstić information content (AvgIpc) is 2.43. The fraction of sp³-hybridized carbons (Fsp3) is 0.938. The van der Waals surface area contributed by atoms with Crippen LogP contribution >= 0.6 is 0 Å². The normalized spacial score (nSPS) is 35.3. The number of rotatable bonds is 4. The fourth-order valence-electron chi connectivity index (χ4n) is 4.26. The second kappa shape index (κ2) is 5.92. The van der Waals surface area contributed by atoms with Crippen LogP contribution in [-0.4, -0.2) is 23.0 Å². The third-order valence-electron chi connectivity index (χ3n) is 5.77. The van der Waals surface area contributed by atoms with Crippen LogP contribution in [0.4, 0.5) is 0 Å². The Hall–Kier alpha value is -0.410. The smallest absolute Gasteiger partial charge is 0.133 e. The molecule has 3 heteroatoms. The highest BCUT2D eigenvalue weighted by Crippen LogP contribution is 2.51. The molecule has 0 saturated heterocycles. The first kappa shape index (κ1) is 15.0. The lowest BCUT2D eigenvalue weighted by atomic mass is 9.57. The summed E-state index contributed by atoms with van der Waals surface area (Å²) in [6.07, 6.45) is 9.35. The Balaban J connectivity index is 2.05. The minimum absolute atomic E-state index is 0.127. The van der Waals surface area contributed by atoms with E-state index in [1.165, 1.54) is 25.7 Å². The molecule has 3 N–H and O–H groups in total. The second-order valence-electron chi connectivity index (χ2n) is 6.79. The summed E-state index contributed by atoms with van der Waals surface area (Å²) in [5.74, 6) is 1.12. The van der Waals surface area contributed by atoms with Crippen molar-refractivity contribution in [3.63, 3.8) is 0 Å². The molecule has 0 spiro atoms. The van der Waals surface area contributed by atoms with E-state index in [0.717, 1.165) is 18.8 Å². The summed E-state index contributed by atoms with van der Waals surface area (Å²) in [4.78, 5) is 11.4. The van der Waals surface area contributed by atoms with Crippen LogP contribution in [0.2, 0.25) is 0 Å². The maximum absolute atomic E-state index is 11.4. The number of Topliss-reactive ketones (excluding diaryl/α,β-unsaturated/α-hetero) is 1. The first-order valence-electron chi connectivity index (χ1n) is 7.99. The van der Waals surface area contributed by atoms with Crippen molar-refractivity contribution >= 4 is 5.78 Å². The van der Waals surface area contributed by atoms with Gasteiger partial charge in [-0.25, -0.2) is 0 Å². The van der Waals surface area contributed by atoms with Crippen molar-refractivity contribution < 1.29 is 9.90 Å². The first-order chi connectivity index (χ1) is 9.05. The highest BCUT2D eigenvalue weighted by molar-refractivity contribution is 5.79. The molecule has 19 heavy (non-hydrogen) atoms. The Morgan fingerprint density at radius 2 is 1.79 bits per heavy atom. The molecule has 0 atom stereocenters. The number of hydrogen-bond acceptors (Lipinski definition) is 3. The summed E-state index contributed by atoms with van der Waals surface area (Å²) in [6.45, 7) is 2.81. The van der Waals surface area contributed by atoms with E-state index in [-0.39, 0.29) is 5.41 Å². The SMILES string of the molecule is CCCC1CCC(CN)(C2(O)CCC(=O)CC2)CC1. The summed E-state index contributed by atoms with van der Waals surface area (Å²) in [5, 5.41) is 11.0. The molecule has 0 aromatic rings. The molecule has 2 rings (SSSR count). The van der Waals surface area contributed by atoms with Crippen molar-refractivity contribution in [1.29, 1.82) is 0 Å². The van der Waals surface area contributed by atoms with Gasteiger partial charge in [-0.3, -0.25) is 4.79 Å². The third-order valence-corrected chi connectivity index (χ3v) is 5.77. The topological polar surface area (TPSA) is 63.3 Å². The highest BCUT2D eigenvalue weighted by Gasteiger charge is 2.51. The van der Waals surface area contributed by atoms with Gasteiger partial charge in [-0.2, -0.15) is 0 Å². The summed E-state index contributed by atoms with van der Waals surface area (Å²) < 4.78 is 0. The Morgan fingerprint density at radius 3 is 2.26 bits per heavy atom. The molecule has 0 bridgehead atoms. The van der Waals surface area contributed by atoms with Gasteiger partial charge < -0.3 is 10.8 Å². The predicted octanol–water partition coefficient (Wildman–Crippen LogP) is 2.80. The summed E-state index contributed by atoms with van der Waals surface area (Å²) in [7, 11) is 0. The van der Waals surface area contributed by atoms with Crippen LogP contribution < -0.4 is 5.73 Å². The number of ketones is 1. The van der Waals surface area contributed by atoms with Crippen molar-refractivity contribution in [2.75, 3.05) is 6.54 Å². The molecule has 2 fully saturated rings. The van der Waals surface area contributed by atoms with Crippen LogP contribution in [0, 0.1) is 11.3 Å². The van der Waals surface area contributed by atoms with Crippen LogP contribution in [-0.2, 0) is 4.79 Å². The van der Waals surface area contributed by atoms with Crippen molar-refractivity contribution in [3.05, 3.63) is 0 Å². The molecule has 0 aromatic heterocycles. The number of nitrogens with two attached hydrogens (primary N) is 1. The third kappa shape index (κ3) is 2.87. The average molecular weight is 267 g/mol. The summed E-state index contributed by atoms with van der Waals surface area (Å²) >= 11 is 0. The van der Waals surface area contributed by atoms with Gasteiger partial charge in [-0.1, -0.05) is 19.8 Å². The molecular formula is C16H29NO2. The van der Waals surface area contributed by atoms with Gasteiger partial charge in [0.1, 0.15) is 5.78 Å². The van der Waals surface area contributed by atoms with E-state index >= 15 is 0 Å². The zero-order valence-electron chi connectivity index (χ0n) is 12.3. The van der Waals surface area contributed by atoms with E-state index in [1.807, 2.05) is 0 Å². The first-order valence-corrected chi connectivity index (χ1v) is 7.99. The Morgan fingerprint density at radius 1 is 1.21 bits per heavy atom. The molecule has 0 aromatic carbocycles. The molecule has 0 unspecified atom stereocenters. The Labute approximate surface area is 116 Å². The largest absolute Gasteiger partial charge is 0.389 e. The van der Waals surface area contributed by atoms with E-state index in [0.29, 0.717) is 38.0 Å². The van der Waals surface area contributed by atoms with E-state index in [1.54, 1.807) is 0 Å². The predicted molar refractivity (Wildman–Crippen MR) is 76.8 cm³/mol. The number of hydrogen-bond donors (Lipinski definition) is 2. The summed E-state index contributed by atoms with van der Waals surface area (Å²) in [6, 6.07) is 0. The monoisotopic (exact) mass is 267 g/mol. The van der Waals surface area contributed by atoms with Crippen LogP contribution in [0.5, 0.6) is 0 Å². The van der Waals surface area contributed by atoms with Crippen molar-refractivity contribution in [1.82, 2.24) is 0 Å². The van der Waals surface area contributed by atoms with Gasteiger partial charge in [0, 0.05) is 24.8 Å². The van der Waals surface area contributed by atoms with Crippen LogP contribution in [0.15, 0.2) is 0 Å². The Kier molecular flexibility index (Phi) is 4.67. The number of carbonyl (C=O) groups is 1.